The number of carbonyl (C=O) groups excluding carboxylic acids is 2. The summed E-state index contributed by atoms with van der Waals surface area (Å²) in [6, 6.07) is -0.684. The smallest absolute Gasteiger partial charge is 0.408 e. The Morgan fingerprint density at radius 2 is 1.88 bits per heavy atom. The summed E-state index contributed by atoms with van der Waals surface area (Å²) in [5.74, 6) is 0.0489. The maximum atomic E-state index is 12.3. The largest absolute Gasteiger partial charge is 0.464 e. The van der Waals surface area contributed by atoms with Crippen molar-refractivity contribution in [3.8, 4) is 0 Å². The van der Waals surface area contributed by atoms with Gasteiger partial charge in [0.2, 0.25) is 0 Å². The van der Waals surface area contributed by atoms with Gasteiger partial charge in [-0.05, 0) is 58.8 Å². The number of hydrogen-bond acceptors (Lipinski definition) is 4. The maximum Gasteiger partial charge on any atom is 0.408 e. The molecule has 0 aromatic rings. The van der Waals surface area contributed by atoms with Gasteiger partial charge in [-0.25, -0.2) is 9.59 Å². The van der Waals surface area contributed by atoms with Crippen molar-refractivity contribution < 1.29 is 19.1 Å². The van der Waals surface area contributed by atoms with Gasteiger partial charge in [0, 0.05) is 0 Å². The molecule has 0 fully saturated rings. The lowest BCUT2D eigenvalue weighted by Crippen LogP contribution is -2.48. The molecule has 5 nitrogen and oxygen atoms in total. The van der Waals surface area contributed by atoms with Gasteiger partial charge >= 0.3 is 12.1 Å². The first-order chi connectivity index (χ1) is 11.1. The van der Waals surface area contributed by atoms with Crippen molar-refractivity contribution in [2.75, 3.05) is 6.61 Å². The van der Waals surface area contributed by atoms with Crippen LogP contribution in [0.1, 0.15) is 67.2 Å². The first kappa shape index (κ1) is 22.5. The highest BCUT2D eigenvalue weighted by Gasteiger charge is 2.32. The van der Waals surface area contributed by atoms with E-state index in [4.69, 9.17) is 9.47 Å². The highest BCUT2D eigenvalue weighted by molar-refractivity contribution is 5.81. The molecule has 24 heavy (non-hydrogen) atoms. The lowest BCUT2D eigenvalue weighted by Gasteiger charge is -2.29. The van der Waals surface area contributed by atoms with Gasteiger partial charge in [0.25, 0.3) is 0 Å². The summed E-state index contributed by atoms with van der Waals surface area (Å²) in [5, 5.41) is 2.71. The van der Waals surface area contributed by atoms with Gasteiger partial charge < -0.3 is 14.8 Å². The summed E-state index contributed by atoms with van der Waals surface area (Å²) < 4.78 is 10.4. The predicted molar refractivity (Wildman–Crippen MR) is 96.8 cm³/mol. The zero-order valence-electron chi connectivity index (χ0n) is 16.2. The van der Waals surface area contributed by atoms with Crippen LogP contribution in [0.3, 0.4) is 0 Å². The minimum Gasteiger partial charge on any atom is -0.464 e. The Morgan fingerprint density at radius 1 is 1.25 bits per heavy atom. The van der Waals surface area contributed by atoms with E-state index in [-0.39, 0.29) is 12.5 Å². The fourth-order valence-electron chi connectivity index (χ4n) is 2.61. The number of ether oxygens (including phenoxy) is 2. The maximum absolute atomic E-state index is 12.3. The second-order valence-corrected chi connectivity index (χ2v) is 7.25. The Labute approximate surface area is 147 Å². The van der Waals surface area contributed by atoms with Gasteiger partial charge in [0.1, 0.15) is 11.6 Å². The minimum atomic E-state index is -0.684. The SMILES string of the molecule is C=CCCC(C)C[C@@H](CC)[C@H](NC(=O)OC(C)(C)C)C(=O)OCC. The third kappa shape index (κ3) is 9.58. The zero-order chi connectivity index (χ0) is 18.8. The summed E-state index contributed by atoms with van der Waals surface area (Å²) >= 11 is 0. The molecule has 1 unspecified atom stereocenters. The Morgan fingerprint density at radius 3 is 2.33 bits per heavy atom. The molecule has 0 radical (unpaired) electrons. The van der Waals surface area contributed by atoms with Crippen LogP contribution >= 0.6 is 0 Å². The number of rotatable bonds is 10. The van der Waals surface area contributed by atoms with E-state index in [0.29, 0.717) is 5.92 Å². The molecule has 1 amide bonds. The fourth-order valence-corrected chi connectivity index (χ4v) is 2.61. The summed E-state index contributed by atoms with van der Waals surface area (Å²) in [7, 11) is 0. The molecule has 5 heteroatoms. The molecule has 0 bridgehead atoms. The average Bonchev–Trinajstić information content (AvgIpc) is 2.46. The van der Waals surface area contributed by atoms with Crippen molar-refractivity contribution in [2.24, 2.45) is 11.8 Å². The number of nitrogens with one attached hydrogen (secondary N) is 1. The Hall–Kier alpha value is -1.52. The molecule has 0 aliphatic heterocycles. The molecule has 0 saturated carbocycles. The third-order valence-electron chi connectivity index (χ3n) is 3.78. The molecule has 0 aromatic carbocycles. The van der Waals surface area contributed by atoms with Crippen molar-refractivity contribution in [2.45, 2.75) is 78.9 Å². The number of allylic oxidation sites excluding steroid dienone is 1. The first-order valence-corrected chi connectivity index (χ1v) is 8.91. The van der Waals surface area contributed by atoms with Gasteiger partial charge in [-0.1, -0.05) is 26.3 Å². The molecule has 1 N–H and O–H groups in total. The lowest BCUT2D eigenvalue weighted by atomic mass is 9.85. The van der Waals surface area contributed by atoms with Crippen LogP contribution in [0.15, 0.2) is 12.7 Å². The normalized spacial score (nSPS) is 15.1. The van der Waals surface area contributed by atoms with Crippen molar-refractivity contribution in [3.05, 3.63) is 12.7 Å². The summed E-state index contributed by atoms with van der Waals surface area (Å²) in [6.07, 6.45) is 4.89. The van der Waals surface area contributed by atoms with E-state index < -0.39 is 23.7 Å². The van der Waals surface area contributed by atoms with Gasteiger partial charge in [0.15, 0.2) is 0 Å². The molecule has 0 aromatic heterocycles. The van der Waals surface area contributed by atoms with Crippen LogP contribution in [0.25, 0.3) is 0 Å². The number of hydrogen-bond donors (Lipinski definition) is 1. The Kier molecular flexibility index (Phi) is 10.4. The van der Waals surface area contributed by atoms with Gasteiger partial charge in [-0.3, -0.25) is 0 Å². The minimum absolute atomic E-state index is 0.0105. The van der Waals surface area contributed by atoms with E-state index in [2.05, 4.69) is 18.8 Å². The number of amides is 1. The summed E-state index contributed by atoms with van der Waals surface area (Å²) in [4.78, 5) is 24.4. The number of alkyl carbamates (subject to hydrolysis) is 1. The van der Waals surface area contributed by atoms with Crippen LogP contribution in [-0.4, -0.2) is 30.3 Å². The lowest BCUT2D eigenvalue weighted by molar-refractivity contribution is -0.147. The molecular formula is C19H35NO4. The van der Waals surface area contributed by atoms with Gasteiger partial charge in [-0.2, -0.15) is 0 Å². The Balaban J connectivity index is 5.02. The van der Waals surface area contributed by atoms with E-state index in [1.807, 2.05) is 13.0 Å². The van der Waals surface area contributed by atoms with E-state index in [1.54, 1.807) is 27.7 Å². The van der Waals surface area contributed by atoms with E-state index in [0.717, 1.165) is 25.7 Å². The molecule has 3 atom stereocenters. The van der Waals surface area contributed by atoms with E-state index in [9.17, 15) is 9.59 Å². The topological polar surface area (TPSA) is 64.6 Å². The second kappa shape index (κ2) is 11.1. The fraction of sp³-hybridized carbons (Fsp3) is 0.789. The van der Waals surface area contributed by atoms with Crippen LogP contribution < -0.4 is 5.32 Å². The van der Waals surface area contributed by atoms with Crippen molar-refractivity contribution in [1.82, 2.24) is 5.32 Å². The van der Waals surface area contributed by atoms with Crippen LogP contribution in [0.5, 0.6) is 0 Å². The van der Waals surface area contributed by atoms with Crippen molar-refractivity contribution in [1.29, 1.82) is 0 Å². The monoisotopic (exact) mass is 341 g/mol. The third-order valence-corrected chi connectivity index (χ3v) is 3.78. The standard InChI is InChI=1S/C19H35NO4/c1-8-11-12-14(4)13-15(9-2)16(17(21)23-10-3)20-18(22)24-19(5,6)7/h8,14-16H,1,9-13H2,2-7H3,(H,20,22)/t14?,15-,16+/m1/s1. The second-order valence-electron chi connectivity index (χ2n) is 7.25. The quantitative estimate of drug-likeness (QED) is 0.470. The van der Waals surface area contributed by atoms with E-state index in [1.165, 1.54) is 0 Å². The van der Waals surface area contributed by atoms with Crippen LogP contribution in [0.2, 0.25) is 0 Å². The number of esters is 1. The summed E-state index contributed by atoms with van der Waals surface area (Å²) in [5.41, 5.74) is -0.609. The van der Waals surface area contributed by atoms with Crippen LogP contribution in [-0.2, 0) is 14.3 Å². The average molecular weight is 341 g/mol. The van der Waals surface area contributed by atoms with Crippen molar-refractivity contribution in [3.63, 3.8) is 0 Å². The zero-order valence-corrected chi connectivity index (χ0v) is 16.2. The Bertz CT molecular complexity index is 401. The molecule has 0 aliphatic carbocycles. The predicted octanol–water partition coefficient (Wildman–Crippen LogP) is 4.46. The summed E-state index contributed by atoms with van der Waals surface area (Å²) in [6.45, 7) is 15.3. The van der Waals surface area contributed by atoms with E-state index >= 15 is 0 Å². The molecule has 140 valence electrons. The van der Waals surface area contributed by atoms with Crippen molar-refractivity contribution >= 4 is 12.1 Å². The number of carbonyl (C=O) groups is 2. The molecule has 0 spiro atoms. The molecule has 0 saturated heterocycles. The highest BCUT2D eigenvalue weighted by atomic mass is 16.6. The molecule has 0 rings (SSSR count). The molecule has 0 heterocycles. The van der Waals surface area contributed by atoms with Gasteiger partial charge in [0.05, 0.1) is 6.61 Å². The van der Waals surface area contributed by atoms with Crippen LogP contribution in [0.4, 0.5) is 4.79 Å². The first-order valence-electron chi connectivity index (χ1n) is 8.91. The van der Waals surface area contributed by atoms with Crippen LogP contribution in [0, 0.1) is 11.8 Å². The highest BCUT2D eigenvalue weighted by Crippen LogP contribution is 2.24. The molecular weight excluding hydrogens is 306 g/mol. The van der Waals surface area contributed by atoms with Gasteiger partial charge in [-0.15, -0.1) is 6.58 Å². The molecule has 0 aliphatic rings.